The second kappa shape index (κ2) is 4.27. The summed E-state index contributed by atoms with van der Waals surface area (Å²) in [5.41, 5.74) is -0.176. The Morgan fingerprint density at radius 2 is 1.75 bits per heavy atom. The van der Waals surface area contributed by atoms with Crippen LogP contribution in [0, 0.1) is 29.0 Å². The minimum absolute atomic E-state index is 0.107. The van der Waals surface area contributed by atoms with Crippen LogP contribution >= 0.6 is 0 Å². The number of pyridine rings is 1. The summed E-state index contributed by atoms with van der Waals surface area (Å²) < 4.78 is 12.9. The molecule has 0 aromatic carbocycles. The third-order valence-electron chi connectivity index (χ3n) is 5.49. The van der Waals surface area contributed by atoms with Crippen molar-refractivity contribution in [2.45, 2.75) is 38.5 Å². The highest BCUT2D eigenvalue weighted by Crippen LogP contribution is 2.60. The van der Waals surface area contributed by atoms with Gasteiger partial charge in [0.25, 0.3) is 0 Å². The maximum absolute atomic E-state index is 12.9. The molecule has 0 aliphatic heterocycles. The molecule has 4 bridgehead atoms. The quantitative estimate of drug-likeness (QED) is 0.898. The maximum Gasteiger partial charge on any atom is 0.231 e. The molecule has 3 nitrogen and oxygen atoms in total. The van der Waals surface area contributed by atoms with E-state index in [-0.39, 0.29) is 17.1 Å². The number of halogens is 1. The number of nitrogens with zero attached hydrogens (tertiary/aromatic N) is 1. The van der Waals surface area contributed by atoms with Gasteiger partial charge in [-0.3, -0.25) is 4.79 Å². The summed E-state index contributed by atoms with van der Waals surface area (Å²) in [6.45, 7) is 0. The molecule has 1 aromatic rings. The second-order valence-corrected chi connectivity index (χ2v) is 7.01. The lowest BCUT2D eigenvalue weighted by Crippen LogP contribution is -2.51. The van der Waals surface area contributed by atoms with Crippen molar-refractivity contribution >= 4 is 11.7 Å². The van der Waals surface area contributed by atoms with Crippen LogP contribution in [0.15, 0.2) is 18.3 Å². The average molecular weight is 274 g/mol. The van der Waals surface area contributed by atoms with Gasteiger partial charge in [-0.25, -0.2) is 9.37 Å². The Hall–Kier alpha value is -1.45. The molecule has 4 saturated carbocycles. The SMILES string of the molecule is O=C(Nc1ccc(F)cn1)C12CC3CC(CC(C3)C1)C2. The number of anilines is 1. The third-order valence-corrected chi connectivity index (χ3v) is 5.49. The van der Waals surface area contributed by atoms with Crippen LogP contribution in [-0.2, 0) is 4.79 Å². The number of hydrogen-bond donors (Lipinski definition) is 1. The number of amides is 1. The van der Waals surface area contributed by atoms with Crippen LogP contribution < -0.4 is 5.32 Å². The van der Waals surface area contributed by atoms with Crippen LogP contribution in [0.5, 0.6) is 0 Å². The van der Waals surface area contributed by atoms with Crippen molar-refractivity contribution in [2.75, 3.05) is 5.32 Å². The highest BCUT2D eigenvalue weighted by atomic mass is 19.1. The predicted octanol–water partition coefficient (Wildman–Crippen LogP) is 3.38. The Morgan fingerprint density at radius 1 is 1.15 bits per heavy atom. The normalized spacial score (nSPS) is 38.0. The lowest BCUT2D eigenvalue weighted by atomic mass is 9.49. The Kier molecular flexibility index (Phi) is 2.63. The Balaban J connectivity index is 1.54. The van der Waals surface area contributed by atoms with Crippen molar-refractivity contribution < 1.29 is 9.18 Å². The molecule has 4 aliphatic carbocycles. The van der Waals surface area contributed by atoms with Crippen LogP contribution in [0.4, 0.5) is 10.2 Å². The third kappa shape index (κ3) is 1.93. The molecule has 4 aliphatic rings. The molecule has 0 radical (unpaired) electrons. The van der Waals surface area contributed by atoms with Gasteiger partial charge in [0.1, 0.15) is 11.6 Å². The van der Waals surface area contributed by atoms with Gasteiger partial charge in [-0.05, 0) is 68.4 Å². The standard InChI is InChI=1S/C16H19FN2O/c17-13-1-2-14(18-9-13)19-15(20)16-6-10-3-11(7-16)5-12(4-10)8-16/h1-2,9-12H,3-8H2,(H,18,19,20). The minimum Gasteiger partial charge on any atom is -0.310 e. The van der Waals surface area contributed by atoms with Gasteiger partial charge in [-0.1, -0.05) is 0 Å². The van der Waals surface area contributed by atoms with Crippen LogP contribution in [-0.4, -0.2) is 10.9 Å². The lowest BCUT2D eigenvalue weighted by Gasteiger charge is -2.55. The summed E-state index contributed by atoms with van der Waals surface area (Å²) >= 11 is 0. The first kappa shape index (κ1) is 12.3. The summed E-state index contributed by atoms with van der Waals surface area (Å²) in [6.07, 6.45) is 8.21. The molecule has 1 amide bonds. The molecule has 106 valence electrons. The van der Waals surface area contributed by atoms with Crippen molar-refractivity contribution in [1.82, 2.24) is 4.98 Å². The maximum atomic E-state index is 12.9. The van der Waals surface area contributed by atoms with Gasteiger partial charge in [-0.15, -0.1) is 0 Å². The van der Waals surface area contributed by atoms with Gasteiger partial charge in [0.15, 0.2) is 0 Å². The number of carbonyl (C=O) groups is 1. The van der Waals surface area contributed by atoms with E-state index >= 15 is 0 Å². The Bertz CT molecular complexity index is 505. The first-order valence-electron chi connectivity index (χ1n) is 7.56. The summed E-state index contributed by atoms with van der Waals surface area (Å²) in [7, 11) is 0. The van der Waals surface area contributed by atoms with E-state index in [0.29, 0.717) is 5.82 Å². The smallest absolute Gasteiger partial charge is 0.231 e. The van der Waals surface area contributed by atoms with Crippen LogP contribution in [0.3, 0.4) is 0 Å². The van der Waals surface area contributed by atoms with Crippen LogP contribution in [0.25, 0.3) is 0 Å². The molecule has 0 atom stereocenters. The van der Waals surface area contributed by atoms with E-state index in [2.05, 4.69) is 10.3 Å². The molecule has 0 spiro atoms. The number of rotatable bonds is 2. The topological polar surface area (TPSA) is 42.0 Å². The molecular weight excluding hydrogens is 255 g/mol. The van der Waals surface area contributed by atoms with Crippen molar-refractivity contribution in [3.05, 3.63) is 24.1 Å². The van der Waals surface area contributed by atoms with E-state index < -0.39 is 0 Å². The molecule has 20 heavy (non-hydrogen) atoms. The first-order chi connectivity index (χ1) is 9.63. The van der Waals surface area contributed by atoms with Gasteiger partial charge in [-0.2, -0.15) is 0 Å². The summed E-state index contributed by atoms with van der Waals surface area (Å²) in [5, 5.41) is 2.91. The molecule has 4 fully saturated rings. The Morgan fingerprint density at radius 3 is 2.25 bits per heavy atom. The fourth-order valence-electron chi connectivity index (χ4n) is 5.09. The van der Waals surface area contributed by atoms with Gasteiger partial charge in [0.05, 0.1) is 11.6 Å². The fraction of sp³-hybridized carbons (Fsp3) is 0.625. The van der Waals surface area contributed by atoms with E-state index in [9.17, 15) is 9.18 Å². The zero-order valence-electron chi connectivity index (χ0n) is 11.4. The minimum atomic E-state index is -0.377. The zero-order valence-corrected chi connectivity index (χ0v) is 11.4. The molecular formula is C16H19FN2O. The number of aromatic nitrogens is 1. The molecule has 5 rings (SSSR count). The van der Waals surface area contributed by atoms with E-state index in [1.165, 1.54) is 31.4 Å². The predicted molar refractivity (Wildman–Crippen MR) is 73.4 cm³/mol. The van der Waals surface area contributed by atoms with Gasteiger partial charge < -0.3 is 5.32 Å². The van der Waals surface area contributed by atoms with Crippen molar-refractivity contribution in [3.8, 4) is 0 Å². The number of carbonyl (C=O) groups excluding carboxylic acids is 1. The lowest BCUT2D eigenvalue weighted by molar-refractivity contribution is -0.140. The average Bonchev–Trinajstić information content (AvgIpc) is 2.40. The number of nitrogens with one attached hydrogen (secondary N) is 1. The van der Waals surface area contributed by atoms with Crippen molar-refractivity contribution in [1.29, 1.82) is 0 Å². The zero-order chi connectivity index (χ0) is 13.7. The number of hydrogen-bond acceptors (Lipinski definition) is 2. The summed E-state index contributed by atoms with van der Waals surface area (Å²) in [6, 6.07) is 2.87. The van der Waals surface area contributed by atoms with Crippen LogP contribution in [0.1, 0.15) is 38.5 Å². The van der Waals surface area contributed by atoms with E-state index in [4.69, 9.17) is 0 Å². The molecule has 1 heterocycles. The van der Waals surface area contributed by atoms with Crippen LogP contribution in [0.2, 0.25) is 0 Å². The van der Waals surface area contributed by atoms with Gasteiger partial charge in [0, 0.05) is 0 Å². The Labute approximate surface area is 118 Å². The van der Waals surface area contributed by atoms with Gasteiger partial charge >= 0.3 is 0 Å². The molecule has 0 saturated heterocycles. The van der Waals surface area contributed by atoms with Gasteiger partial charge in [0.2, 0.25) is 5.91 Å². The highest BCUT2D eigenvalue weighted by Gasteiger charge is 2.54. The van der Waals surface area contributed by atoms with E-state index in [0.717, 1.165) is 43.2 Å². The highest BCUT2D eigenvalue weighted by molar-refractivity contribution is 5.94. The fourth-order valence-corrected chi connectivity index (χ4v) is 5.09. The van der Waals surface area contributed by atoms with E-state index in [1.54, 1.807) is 0 Å². The van der Waals surface area contributed by atoms with E-state index in [1.807, 2.05) is 0 Å². The second-order valence-electron chi connectivity index (χ2n) is 7.01. The van der Waals surface area contributed by atoms with Crippen molar-refractivity contribution in [3.63, 3.8) is 0 Å². The van der Waals surface area contributed by atoms with Crippen molar-refractivity contribution in [2.24, 2.45) is 23.2 Å². The largest absolute Gasteiger partial charge is 0.310 e. The summed E-state index contributed by atoms with van der Waals surface area (Å²) in [4.78, 5) is 16.6. The summed E-state index contributed by atoms with van der Waals surface area (Å²) in [5.74, 6) is 2.43. The molecule has 1 N–H and O–H groups in total. The molecule has 1 aromatic heterocycles. The monoisotopic (exact) mass is 274 g/mol. The molecule has 0 unspecified atom stereocenters. The molecule has 4 heteroatoms. The first-order valence-corrected chi connectivity index (χ1v) is 7.56.